The van der Waals surface area contributed by atoms with Gasteiger partial charge in [-0.25, -0.2) is 0 Å². The number of aromatic nitrogens is 1. The van der Waals surface area contributed by atoms with Crippen LogP contribution in [0.1, 0.15) is 29.3 Å². The van der Waals surface area contributed by atoms with E-state index in [2.05, 4.69) is 4.98 Å². The molecule has 17 heavy (non-hydrogen) atoms. The number of hydrogen-bond acceptors (Lipinski definition) is 4. The van der Waals surface area contributed by atoms with Gasteiger partial charge in [-0.05, 0) is 23.9 Å². The SMILES string of the molecule is CCCOc1cncc(C(=O)c2ccsc2)c1. The minimum absolute atomic E-state index is 0.0132. The van der Waals surface area contributed by atoms with Crippen LogP contribution in [0.5, 0.6) is 5.75 Å². The molecule has 0 radical (unpaired) electrons. The van der Waals surface area contributed by atoms with E-state index in [9.17, 15) is 4.79 Å². The maximum atomic E-state index is 12.0. The molecule has 0 aliphatic rings. The zero-order chi connectivity index (χ0) is 12.1. The van der Waals surface area contributed by atoms with E-state index in [-0.39, 0.29) is 5.78 Å². The number of carbonyl (C=O) groups excluding carboxylic acids is 1. The van der Waals surface area contributed by atoms with Gasteiger partial charge in [0.15, 0.2) is 5.78 Å². The first-order chi connectivity index (χ1) is 8.31. The Morgan fingerprint density at radius 2 is 2.29 bits per heavy atom. The van der Waals surface area contributed by atoms with Gasteiger partial charge in [0.05, 0.1) is 12.8 Å². The average Bonchev–Trinajstić information content (AvgIpc) is 2.89. The van der Waals surface area contributed by atoms with Crippen LogP contribution < -0.4 is 4.74 Å². The van der Waals surface area contributed by atoms with Crippen LogP contribution in [0.3, 0.4) is 0 Å². The normalized spacial score (nSPS) is 10.2. The van der Waals surface area contributed by atoms with Gasteiger partial charge in [0.25, 0.3) is 0 Å². The predicted molar refractivity (Wildman–Crippen MR) is 67.8 cm³/mol. The Kier molecular flexibility index (Phi) is 3.88. The van der Waals surface area contributed by atoms with Crippen molar-refractivity contribution in [3.05, 3.63) is 46.4 Å². The highest BCUT2D eigenvalue weighted by atomic mass is 32.1. The quantitative estimate of drug-likeness (QED) is 0.762. The van der Waals surface area contributed by atoms with Crippen LogP contribution in [-0.2, 0) is 0 Å². The highest BCUT2D eigenvalue weighted by molar-refractivity contribution is 7.08. The van der Waals surface area contributed by atoms with E-state index in [0.717, 1.165) is 6.42 Å². The van der Waals surface area contributed by atoms with Crippen molar-refractivity contribution in [2.75, 3.05) is 6.61 Å². The van der Waals surface area contributed by atoms with Gasteiger partial charge < -0.3 is 4.74 Å². The molecule has 2 aromatic heterocycles. The molecule has 0 saturated carbocycles. The molecule has 0 aromatic carbocycles. The summed E-state index contributed by atoms with van der Waals surface area (Å²) in [5.74, 6) is 0.633. The molecule has 0 bridgehead atoms. The second-order valence-corrected chi connectivity index (χ2v) is 4.38. The summed E-state index contributed by atoms with van der Waals surface area (Å²) in [4.78, 5) is 16.1. The van der Waals surface area contributed by atoms with Gasteiger partial charge in [-0.1, -0.05) is 6.92 Å². The summed E-state index contributed by atoms with van der Waals surface area (Å²) in [6, 6.07) is 3.55. The Labute approximate surface area is 104 Å². The van der Waals surface area contributed by atoms with Crippen LogP contribution in [0.2, 0.25) is 0 Å². The molecule has 88 valence electrons. The molecular formula is C13H13NO2S. The van der Waals surface area contributed by atoms with Gasteiger partial charge >= 0.3 is 0 Å². The van der Waals surface area contributed by atoms with E-state index in [1.54, 1.807) is 18.5 Å². The summed E-state index contributed by atoms with van der Waals surface area (Å²) in [6.45, 7) is 2.67. The first-order valence-corrected chi connectivity index (χ1v) is 6.40. The van der Waals surface area contributed by atoms with Crippen LogP contribution in [-0.4, -0.2) is 17.4 Å². The smallest absolute Gasteiger partial charge is 0.195 e. The van der Waals surface area contributed by atoms with Gasteiger partial charge in [0, 0.05) is 22.7 Å². The minimum atomic E-state index is -0.0132. The highest BCUT2D eigenvalue weighted by Crippen LogP contribution is 2.16. The number of rotatable bonds is 5. The molecule has 2 aromatic rings. The lowest BCUT2D eigenvalue weighted by Gasteiger charge is -2.05. The number of ether oxygens (including phenoxy) is 1. The van der Waals surface area contributed by atoms with Crippen LogP contribution in [0, 0.1) is 0 Å². The highest BCUT2D eigenvalue weighted by Gasteiger charge is 2.10. The summed E-state index contributed by atoms with van der Waals surface area (Å²) in [5, 5.41) is 3.72. The van der Waals surface area contributed by atoms with Crippen molar-refractivity contribution in [2.45, 2.75) is 13.3 Å². The van der Waals surface area contributed by atoms with Crippen molar-refractivity contribution in [3.8, 4) is 5.75 Å². The number of hydrogen-bond donors (Lipinski definition) is 0. The molecule has 3 nitrogen and oxygen atoms in total. The molecule has 2 rings (SSSR count). The summed E-state index contributed by atoms with van der Waals surface area (Å²) < 4.78 is 5.45. The zero-order valence-electron chi connectivity index (χ0n) is 9.55. The maximum Gasteiger partial charge on any atom is 0.195 e. The van der Waals surface area contributed by atoms with E-state index in [4.69, 9.17) is 4.74 Å². The summed E-state index contributed by atoms with van der Waals surface area (Å²) in [7, 11) is 0. The monoisotopic (exact) mass is 247 g/mol. The van der Waals surface area contributed by atoms with E-state index in [0.29, 0.717) is 23.5 Å². The lowest BCUT2D eigenvalue weighted by atomic mass is 10.1. The molecule has 0 saturated heterocycles. The van der Waals surface area contributed by atoms with Gasteiger partial charge in [-0.2, -0.15) is 11.3 Å². The Balaban J connectivity index is 2.18. The van der Waals surface area contributed by atoms with E-state index < -0.39 is 0 Å². The van der Waals surface area contributed by atoms with Crippen LogP contribution >= 0.6 is 11.3 Å². The van der Waals surface area contributed by atoms with Gasteiger partial charge in [0.1, 0.15) is 5.75 Å². The fraction of sp³-hybridized carbons (Fsp3) is 0.231. The fourth-order valence-electron chi connectivity index (χ4n) is 1.40. The van der Waals surface area contributed by atoms with Crippen molar-refractivity contribution in [2.24, 2.45) is 0 Å². The van der Waals surface area contributed by atoms with E-state index in [1.165, 1.54) is 11.3 Å². The van der Waals surface area contributed by atoms with Crippen LogP contribution in [0.4, 0.5) is 0 Å². The Morgan fingerprint density at radius 1 is 1.41 bits per heavy atom. The number of thiophene rings is 1. The third-order valence-corrected chi connectivity index (χ3v) is 2.91. The Morgan fingerprint density at radius 3 is 3.00 bits per heavy atom. The van der Waals surface area contributed by atoms with E-state index >= 15 is 0 Å². The first kappa shape index (κ1) is 11.8. The van der Waals surface area contributed by atoms with Crippen molar-refractivity contribution in [1.29, 1.82) is 0 Å². The third kappa shape index (κ3) is 2.91. The van der Waals surface area contributed by atoms with Crippen LogP contribution in [0.25, 0.3) is 0 Å². The van der Waals surface area contributed by atoms with Gasteiger partial charge in [0.2, 0.25) is 0 Å². The van der Waals surface area contributed by atoms with Crippen LogP contribution in [0.15, 0.2) is 35.3 Å². The molecule has 0 fully saturated rings. The number of nitrogens with zero attached hydrogens (tertiary/aromatic N) is 1. The molecule has 4 heteroatoms. The summed E-state index contributed by atoms with van der Waals surface area (Å²) in [5.41, 5.74) is 1.27. The maximum absolute atomic E-state index is 12.0. The Bertz CT molecular complexity index is 494. The molecule has 0 N–H and O–H groups in total. The average molecular weight is 247 g/mol. The fourth-order valence-corrected chi connectivity index (χ4v) is 2.04. The standard InChI is InChI=1S/C13H13NO2S/c1-2-4-16-12-6-11(7-14-8-12)13(15)10-3-5-17-9-10/h3,5-9H,2,4H2,1H3. The van der Waals surface area contributed by atoms with Gasteiger partial charge in [-0.3, -0.25) is 9.78 Å². The van der Waals surface area contributed by atoms with E-state index in [1.807, 2.05) is 23.8 Å². The lowest BCUT2D eigenvalue weighted by Crippen LogP contribution is -2.02. The third-order valence-electron chi connectivity index (χ3n) is 2.23. The Hall–Kier alpha value is -1.68. The van der Waals surface area contributed by atoms with Crippen molar-refractivity contribution >= 4 is 17.1 Å². The lowest BCUT2D eigenvalue weighted by molar-refractivity contribution is 0.103. The molecular weight excluding hydrogens is 234 g/mol. The largest absolute Gasteiger partial charge is 0.492 e. The molecule has 0 aliphatic heterocycles. The molecule has 0 aliphatic carbocycles. The molecule has 0 unspecified atom stereocenters. The first-order valence-electron chi connectivity index (χ1n) is 5.46. The number of pyridine rings is 1. The van der Waals surface area contributed by atoms with Crippen molar-refractivity contribution in [1.82, 2.24) is 4.98 Å². The molecule has 0 amide bonds. The second kappa shape index (κ2) is 5.59. The van der Waals surface area contributed by atoms with Gasteiger partial charge in [-0.15, -0.1) is 0 Å². The molecule has 0 atom stereocenters. The summed E-state index contributed by atoms with van der Waals surface area (Å²) in [6.07, 6.45) is 4.13. The topological polar surface area (TPSA) is 39.2 Å². The molecule has 2 heterocycles. The summed E-state index contributed by atoms with van der Waals surface area (Å²) >= 11 is 1.51. The van der Waals surface area contributed by atoms with Crippen molar-refractivity contribution < 1.29 is 9.53 Å². The minimum Gasteiger partial charge on any atom is -0.492 e. The second-order valence-electron chi connectivity index (χ2n) is 3.60. The number of carbonyl (C=O) groups is 1. The number of ketones is 1. The van der Waals surface area contributed by atoms with Crippen molar-refractivity contribution in [3.63, 3.8) is 0 Å². The zero-order valence-corrected chi connectivity index (χ0v) is 10.4. The predicted octanol–water partition coefficient (Wildman–Crippen LogP) is 3.16. The molecule has 0 spiro atoms.